The van der Waals surface area contributed by atoms with E-state index < -0.39 is 0 Å². The van der Waals surface area contributed by atoms with Crippen LogP contribution in [-0.2, 0) is 0 Å². The Morgan fingerprint density at radius 1 is 0.696 bits per heavy atom. The Kier molecular flexibility index (Phi) is 3.97. The molecule has 4 nitrogen and oxygen atoms in total. The highest BCUT2D eigenvalue weighted by Gasteiger charge is 2.09. The number of benzene rings is 3. The number of anilines is 2. The lowest BCUT2D eigenvalue weighted by Crippen LogP contribution is -2.01. The zero-order chi connectivity index (χ0) is 16.2. The first-order valence-electron chi connectivity index (χ1n) is 7.15. The van der Waals surface area contributed by atoms with Gasteiger partial charge in [-0.3, -0.25) is 4.79 Å². The Balaban J connectivity index is 1.76. The van der Waals surface area contributed by atoms with E-state index in [-0.39, 0.29) is 5.78 Å². The van der Waals surface area contributed by atoms with Crippen molar-refractivity contribution in [2.75, 3.05) is 11.5 Å². The number of ketones is 1. The van der Waals surface area contributed by atoms with E-state index in [0.29, 0.717) is 34.0 Å². The predicted molar refractivity (Wildman–Crippen MR) is 91.7 cm³/mol. The smallest absolute Gasteiger partial charge is 0.193 e. The zero-order valence-corrected chi connectivity index (χ0v) is 12.4. The number of hydrogen-bond donors (Lipinski definition) is 2. The summed E-state index contributed by atoms with van der Waals surface area (Å²) in [6, 6.07) is 21.0. The molecule has 23 heavy (non-hydrogen) atoms. The van der Waals surface area contributed by atoms with Gasteiger partial charge in [0.1, 0.15) is 11.5 Å². The quantitative estimate of drug-likeness (QED) is 0.566. The van der Waals surface area contributed by atoms with Crippen LogP contribution >= 0.6 is 0 Å². The molecule has 3 aromatic rings. The zero-order valence-electron chi connectivity index (χ0n) is 12.4. The fourth-order valence-electron chi connectivity index (χ4n) is 2.19. The Morgan fingerprint density at radius 2 is 1.30 bits per heavy atom. The van der Waals surface area contributed by atoms with Gasteiger partial charge >= 0.3 is 0 Å². The first-order valence-corrected chi connectivity index (χ1v) is 7.15. The van der Waals surface area contributed by atoms with Crippen molar-refractivity contribution < 1.29 is 9.53 Å². The Hall–Kier alpha value is -3.27. The van der Waals surface area contributed by atoms with Gasteiger partial charge < -0.3 is 16.2 Å². The lowest BCUT2D eigenvalue weighted by atomic mass is 10.0. The van der Waals surface area contributed by atoms with Gasteiger partial charge in [0.15, 0.2) is 5.78 Å². The van der Waals surface area contributed by atoms with E-state index in [4.69, 9.17) is 16.2 Å². The lowest BCUT2D eigenvalue weighted by molar-refractivity contribution is 0.103. The van der Waals surface area contributed by atoms with Crippen molar-refractivity contribution in [3.63, 3.8) is 0 Å². The molecule has 0 amide bonds. The fourth-order valence-corrected chi connectivity index (χ4v) is 2.19. The van der Waals surface area contributed by atoms with Crippen molar-refractivity contribution in [3.05, 3.63) is 83.9 Å². The summed E-state index contributed by atoms with van der Waals surface area (Å²) in [5.41, 5.74) is 13.8. The summed E-state index contributed by atoms with van der Waals surface area (Å²) in [5, 5.41) is 0. The van der Waals surface area contributed by atoms with Crippen molar-refractivity contribution in [3.8, 4) is 11.5 Å². The topological polar surface area (TPSA) is 78.3 Å². The van der Waals surface area contributed by atoms with Crippen LogP contribution in [0.4, 0.5) is 11.4 Å². The molecule has 4 heteroatoms. The molecule has 0 saturated carbocycles. The molecule has 3 aromatic carbocycles. The summed E-state index contributed by atoms with van der Waals surface area (Å²) in [6.07, 6.45) is 0. The summed E-state index contributed by atoms with van der Waals surface area (Å²) >= 11 is 0. The fraction of sp³-hybridized carbons (Fsp3) is 0. The SMILES string of the molecule is Nc1ccc(Oc2ccc(C(=O)c3cccc(N)c3)cc2)cc1. The van der Waals surface area contributed by atoms with Crippen molar-refractivity contribution in [2.24, 2.45) is 0 Å². The monoisotopic (exact) mass is 304 g/mol. The maximum Gasteiger partial charge on any atom is 0.193 e. The van der Waals surface area contributed by atoms with Crippen LogP contribution in [0.15, 0.2) is 72.8 Å². The second-order valence-corrected chi connectivity index (χ2v) is 5.15. The number of rotatable bonds is 4. The molecule has 0 atom stereocenters. The maximum atomic E-state index is 12.4. The molecule has 0 aliphatic carbocycles. The van der Waals surface area contributed by atoms with Gasteiger partial charge in [-0.05, 0) is 60.7 Å². The van der Waals surface area contributed by atoms with E-state index in [1.54, 1.807) is 72.8 Å². The van der Waals surface area contributed by atoms with Crippen molar-refractivity contribution >= 4 is 17.2 Å². The van der Waals surface area contributed by atoms with Crippen LogP contribution in [0.2, 0.25) is 0 Å². The molecule has 0 heterocycles. The van der Waals surface area contributed by atoms with E-state index in [1.165, 1.54) is 0 Å². The van der Waals surface area contributed by atoms with Crippen LogP contribution in [0.5, 0.6) is 11.5 Å². The van der Waals surface area contributed by atoms with Crippen LogP contribution in [0.25, 0.3) is 0 Å². The minimum absolute atomic E-state index is 0.0728. The van der Waals surface area contributed by atoms with Gasteiger partial charge in [-0.1, -0.05) is 12.1 Å². The summed E-state index contributed by atoms with van der Waals surface area (Å²) in [4.78, 5) is 12.4. The van der Waals surface area contributed by atoms with Crippen LogP contribution < -0.4 is 16.2 Å². The van der Waals surface area contributed by atoms with Crippen LogP contribution in [0.1, 0.15) is 15.9 Å². The maximum absolute atomic E-state index is 12.4. The van der Waals surface area contributed by atoms with Crippen molar-refractivity contribution in [1.82, 2.24) is 0 Å². The van der Waals surface area contributed by atoms with Crippen LogP contribution in [0.3, 0.4) is 0 Å². The Morgan fingerprint density at radius 3 is 1.91 bits per heavy atom. The van der Waals surface area contributed by atoms with Crippen molar-refractivity contribution in [2.45, 2.75) is 0 Å². The molecule has 0 unspecified atom stereocenters. The predicted octanol–water partition coefficient (Wildman–Crippen LogP) is 3.87. The van der Waals surface area contributed by atoms with Gasteiger partial charge in [-0.25, -0.2) is 0 Å². The number of hydrogen-bond acceptors (Lipinski definition) is 4. The lowest BCUT2D eigenvalue weighted by Gasteiger charge is -2.07. The third kappa shape index (κ3) is 3.49. The minimum atomic E-state index is -0.0728. The number of carbonyl (C=O) groups is 1. The first kappa shape index (κ1) is 14.7. The van der Waals surface area contributed by atoms with Gasteiger partial charge in [-0.15, -0.1) is 0 Å². The van der Waals surface area contributed by atoms with E-state index >= 15 is 0 Å². The molecule has 0 fully saturated rings. The average Bonchev–Trinajstić information content (AvgIpc) is 2.57. The Labute approximate surface area is 134 Å². The highest BCUT2D eigenvalue weighted by Crippen LogP contribution is 2.23. The normalized spacial score (nSPS) is 10.3. The highest BCUT2D eigenvalue weighted by molar-refractivity contribution is 6.09. The highest BCUT2D eigenvalue weighted by atomic mass is 16.5. The average molecular weight is 304 g/mol. The number of nitrogen functional groups attached to an aromatic ring is 2. The molecule has 3 rings (SSSR count). The summed E-state index contributed by atoms with van der Waals surface area (Å²) in [7, 11) is 0. The standard InChI is InChI=1S/C19H16N2O2/c20-15-6-10-18(11-7-15)23-17-8-4-13(5-9-17)19(22)14-2-1-3-16(21)12-14/h1-12H,20-21H2. The molecule has 0 bridgehead atoms. The minimum Gasteiger partial charge on any atom is -0.457 e. The largest absolute Gasteiger partial charge is 0.457 e. The van der Waals surface area contributed by atoms with Crippen LogP contribution in [0, 0.1) is 0 Å². The van der Waals surface area contributed by atoms with Gasteiger partial charge in [0.25, 0.3) is 0 Å². The van der Waals surface area contributed by atoms with Gasteiger partial charge in [0, 0.05) is 22.5 Å². The second-order valence-electron chi connectivity index (χ2n) is 5.15. The second kappa shape index (κ2) is 6.23. The molecule has 0 saturated heterocycles. The van der Waals surface area contributed by atoms with E-state index in [1.807, 2.05) is 0 Å². The molecular weight excluding hydrogens is 288 g/mol. The van der Waals surface area contributed by atoms with Gasteiger partial charge in [0.2, 0.25) is 0 Å². The molecule has 114 valence electrons. The van der Waals surface area contributed by atoms with Crippen molar-refractivity contribution in [1.29, 1.82) is 0 Å². The number of nitrogens with two attached hydrogens (primary N) is 2. The Bertz CT molecular complexity index is 825. The molecule has 4 N–H and O–H groups in total. The number of ether oxygens (including phenoxy) is 1. The van der Waals surface area contributed by atoms with E-state index in [9.17, 15) is 4.79 Å². The molecule has 0 aromatic heterocycles. The molecular formula is C19H16N2O2. The molecule has 0 radical (unpaired) electrons. The van der Waals surface area contributed by atoms with E-state index in [2.05, 4.69) is 0 Å². The molecule has 0 aliphatic rings. The molecule has 0 aliphatic heterocycles. The van der Waals surface area contributed by atoms with E-state index in [0.717, 1.165) is 0 Å². The number of carbonyl (C=O) groups excluding carboxylic acids is 1. The summed E-state index contributed by atoms with van der Waals surface area (Å²) in [6.45, 7) is 0. The summed E-state index contributed by atoms with van der Waals surface area (Å²) < 4.78 is 5.71. The third-order valence-electron chi connectivity index (χ3n) is 3.38. The molecule has 0 spiro atoms. The van der Waals surface area contributed by atoms with Crippen LogP contribution in [-0.4, -0.2) is 5.78 Å². The first-order chi connectivity index (χ1) is 11.1. The van der Waals surface area contributed by atoms with Gasteiger partial charge in [0.05, 0.1) is 0 Å². The van der Waals surface area contributed by atoms with Gasteiger partial charge in [-0.2, -0.15) is 0 Å². The third-order valence-corrected chi connectivity index (χ3v) is 3.38. The summed E-state index contributed by atoms with van der Waals surface area (Å²) in [5.74, 6) is 1.27.